The predicted molar refractivity (Wildman–Crippen MR) is 138 cm³/mol. The highest BCUT2D eigenvalue weighted by molar-refractivity contribution is 5.87. The number of piperidine rings is 1. The molecule has 5 heterocycles. The van der Waals surface area contributed by atoms with Gasteiger partial charge in [-0.1, -0.05) is 6.58 Å². The molecule has 9 nitrogen and oxygen atoms in total. The standard InChI is InChI=1S/C27H33FN6O3/c1-2-24(35)34-8-5-20(15-34)32-6-3-18(4-7-32)19-13-22(28)25-23(14-19)31-26-21(16-37-25)27(30-17-29-26)33-9-11-36-12-10-33/h2,13-14,17-18,20H,1,3-12,15-16H2,(H,29,30,31). The van der Waals surface area contributed by atoms with Crippen LogP contribution in [0.4, 0.5) is 21.7 Å². The van der Waals surface area contributed by atoms with Crippen LogP contribution in [0.25, 0.3) is 0 Å². The molecule has 1 atom stereocenters. The van der Waals surface area contributed by atoms with Crippen molar-refractivity contribution in [3.05, 3.63) is 48.1 Å². The van der Waals surface area contributed by atoms with E-state index in [1.54, 1.807) is 12.4 Å². The van der Waals surface area contributed by atoms with E-state index in [1.165, 1.54) is 6.08 Å². The first-order chi connectivity index (χ1) is 18.1. The maximum Gasteiger partial charge on any atom is 0.246 e. The molecule has 37 heavy (non-hydrogen) atoms. The number of carbonyl (C=O) groups excluding carboxylic acids is 1. The van der Waals surface area contributed by atoms with E-state index < -0.39 is 0 Å². The molecule has 1 aromatic carbocycles. The number of amides is 1. The van der Waals surface area contributed by atoms with Gasteiger partial charge in [-0.05, 0) is 62.0 Å². The van der Waals surface area contributed by atoms with Crippen molar-refractivity contribution in [3.8, 4) is 5.75 Å². The molecule has 196 valence electrons. The number of hydrogen-bond acceptors (Lipinski definition) is 8. The molecular formula is C27H33FN6O3. The Kier molecular flexibility index (Phi) is 6.69. The summed E-state index contributed by atoms with van der Waals surface area (Å²) in [5.41, 5.74) is 2.42. The third-order valence-corrected chi connectivity index (χ3v) is 8.08. The summed E-state index contributed by atoms with van der Waals surface area (Å²) in [5, 5.41) is 3.35. The molecule has 0 saturated carbocycles. The Bertz CT molecular complexity index is 1180. The van der Waals surface area contributed by atoms with Crippen LogP contribution in [0, 0.1) is 5.82 Å². The average Bonchev–Trinajstić information content (AvgIpc) is 3.35. The Hall–Kier alpha value is -3.24. The van der Waals surface area contributed by atoms with Gasteiger partial charge < -0.3 is 24.6 Å². The molecule has 6 rings (SSSR count). The number of fused-ring (bicyclic) bond motifs is 2. The van der Waals surface area contributed by atoms with Crippen molar-refractivity contribution < 1.29 is 18.7 Å². The van der Waals surface area contributed by atoms with Gasteiger partial charge in [0.1, 0.15) is 24.6 Å². The summed E-state index contributed by atoms with van der Waals surface area (Å²) < 4.78 is 26.8. The van der Waals surface area contributed by atoms with Crippen molar-refractivity contribution in [2.45, 2.75) is 37.8 Å². The van der Waals surface area contributed by atoms with E-state index in [9.17, 15) is 4.79 Å². The number of ether oxygens (including phenoxy) is 2. The number of nitrogens with zero attached hydrogens (tertiary/aromatic N) is 5. The van der Waals surface area contributed by atoms with Crippen LogP contribution in [0.3, 0.4) is 0 Å². The number of morpholine rings is 1. The smallest absolute Gasteiger partial charge is 0.246 e. The van der Waals surface area contributed by atoms with E-state index >= 15 is 4.39 Å². The Labute approximate surface area is 216 Å². The van der Waals surface area contributed by atoms with Crippen molar-refractivity contribution in [2.75, 3.05) is 62.7 Å². The van der Waals surface area contributed by atoms with Gasteiger partial charge in [-0.15, -0.1) is 0 Å². The van der Waals surface area contributed by atoms with E-state index in [4.69, 9.17) is 9.47 Å². The molecule has 3 fully saturated rings. The first-order valence-corrected chi connectivity index (χ1v) is 13.2. The van der Waals surface area contributed by atoms with Gasteiger partial charge in [0.2, 0.25) is 5.91 Å². The monoisotopic (exact) mass is 508 g/mol. The third kappa shape index (κ3) is 4.75. The van der Waals surface area contributed by atoms with Crippen molar-refractivity contribution in [1.82, 2.24) is 19.8 Å². The normalized spacial score (nSPS) is 22.5. The summed E-state index contributed by atoms with van der Waals surface area (Å²) >= 11 is 0. The van der Waals surface area contributed by atoms with E-state index in [-0.39, 0.29) is 30.0 Å². The fourth-order valence-electron chi connectivity index (χ4n) is 6.02. The lowest BCUT2D eigenvalue weighted by Crippen LogP contribution is -2.43. The maximum absolute atomic E-state index is 15.3. The fourth-order valence-corrected chi connectivity index (χ4v) is 6.02. The summed E-state index contributed by atoms with van der Waals surface area (Å²) in [7, 11) is 0. The number of benzene rings is 1. The number of rotatable bonds is 4. The lowest BCUT2D eigenvalue weighted by molar-refractivity contribution is -0.125. The molecule has 0 radical (unpaired) electrons. The van der Waals surface area contributed by atoms with Gasteiger partial charge >= 0.3 is 0 Å². The molecule has 0 bridgehead atoms. The predicted octanol–water partition coefficient (Wildman–Crippen LogP) is 3.05. The van der Waals surface area contributed by atoms with E-state index in [0.29, 0.717) is 30.8 Å². The summed E-state index contributed by atoms with van der Waals surface area (Å²) in [5.74, 6) is 1.61. The lowest BCUT2D eigenvalue weighted by atomic mass is 9.88. The van der Waals surface area contributed by atoms with Gasteiger partial charge in [-0.2, -0.15) is 0 Å². The van der Waals surface area contributed by atoms with Crippen LogP contribution >= 0.6 is 0 Å². The first kappa shape index (κ1) is 24.1. The van der Waals surface area contributed by atoms with Gasteiger partial charge in [-0.25, -0.2) is 14.4 Å². The highest BCUT2D eigenvalue weighted by Crippen LogP contribution is 2.41. The highest BCUT2D eigenvalue weighted by Gasteiger charge is 2.33. The van der Waals surface area contributed by atoms with Gasteiger partial charge in [0.05, 0.1) is 24.5 Å². The molecule has 10 heteroatoms. The zero-order valence-corrected chi connectivity index (χ0v) is 21.0. The van der Waals surface area contributed by atoms with Gasteiger partial charge in [0.25, 0.3) is 0 Å². The first-order valence-electron chi connectivity index (χ1n) is 13.2. The molecule has 1 N–H and O–H groups in total. The Balaban J connectivity index is 1.16. The number of hydrogen-bond donors (Lipinski definition) is 1. The van der Waals surface area contributed by atoms with Gasteiger partial charge in [0.15, 0.2) is 11.6 Å². The second-order valence-electron chi connectivity index (χ2n) is 10.2. The zero-order chi connectivity index (χ0) is 25.4. The largest absolute Gasteiger partial charge is 0.483 e. The lowest BCUT2D eigenvalue weighted by Gasteiger charge is -2.36. The number of carbonyl (C=O) groups is 1. The van der Waals surface area contributed by atoms with Crippen molar-refractivity contribution in [1.29, 1.82) is 0 Å². The average molecular weight is 509 g/mol. The third-order valence-electron chi connectivity index (χ3n) is 8.08. The minimum absolute atomic E-state index is 0.0106. The maximum atomic E-state index is 15.3. The van der Waals surface area contributed by atoms with Gasteiger partial charge in [0, 0.05) is 32.2 Å². The van der Waals surface area contributed by atoms with Gasteiger partial charge in [-0.3, -0.25) is 9.69 Å². The quantitative estimate of drug-likeness (QED) is 0.631. The van der Waals surface area contributed by atoms with Crippen molar-refractivity contribution in [2.24, 2.45) is 0 Å². The van der Waals surface area contributed by atoms with E-state index in [1.807, 2.05) is 11.0 Å². The Morgan fingerprint density at radius 2 is 1.92 bits per heavy atom. The summed E-state index contributed by atoms with van der Waals surface area (Å²) in [6, 6.07) is 4.04. The summed E-state index contributed by atoms with van der Waals surface area (Å²) in [6.45, 7) is 10.0. The van der Waals surface area contributed by atoms with Crippen LogP contribution < -0.4 is 15.0 Å². The number of nitrogens with one attached hydrogen (secondary N) is 1. The molecule has 4 aliphatic rings. The van der Waals surface area contributed by atoms with Crippen molar-refractivity contribution >= 4 is 23.2 Å². The number of halogens is 1. The minimum Gasteiger partial charge on any atom is -0.483 e. The SMILES string of the molecule is C=CC(=O)N1CCC(N2CCC(c3cc(F)c4c(c3)Nc3ncnc(N5CCOCC5)c3CO4)CC2)C1. The molecule has 4 aliphatic heterocycles. The summed E-state index contributed by atoms with van der Waals surface area (Å²) in [4.78, 5) is 27.4. The number of anilines is 3. The number of likely N-dealkylation sites (tertiary alicyclic amines) is 2. The Morgan fingerprint density at radius 3 is 2.70 bits per heavy atom. The Morgan fingerprint density at radius 1 is 1.11 bits per heavy atom. The molecule has 0 spiro atoms. The molecule has 1 amide bonds. The second kappa shape index (κ2) is 10.3. The molecule has 2 aromatic rings. The number of aromatic nitrogens is 2. The van der Waals surface area contributed by atoms with Crippen LogP contribution in [0.15, 0.2) is 31.1 Å². The molecule has 3 saturated heterocycles. The molecule has 0 aliphatic carbocycles. The second-order valence-corrected chi connectivity index (χ2v) is 10.2. The molecule has 1 aromatic heterocycles. The fraction of sp³-hybridized carbons (Fsp3) is 0.519. The van der Waals surface area contributed by atoms with Crippen LogP contribution in [0.1, 0.15) is 36.3 Å². The molecule has 1 unspecified atom stereocenters. The van der Waals surface area contributed by atoms with E-state index in [2.05, 4.69) is 31.7 Å². The highest BCUT2D eigenvalue weighted by atomic mass is 19.1. The zero-order valence-electron chi connectivity index (χ0n) is 21.0. The van der Waals surface area contributed by atoms with Crippen LogP contribution in [0.2, 0.25) is 0 Å². The van der Waals surface area contributed by atoms with Crippen LogP contribution in [0.5, 0.6) is 5.75 Å². The van der Waals surface area contributed by atoms with Crippen LogP contribution in [-0.2, 0) is 16.1 Å². The van der Waals surface area contributed by atoms with E-state index in [0.717, 1.165) is 75.5 Å². The van der Waals surface area contributed by atoms with Crippen molar-refractivity contribution in [3.63, 3.8) is 0 Å². The molecular weight excluding hydrogens is 475 g/mol. The topological polar surface area (TPSA) is 83.1 Å². The van der Waals surface area contributed by atoms with Crippen LogP contribution in [-0.4, -0.2) is 84.2 Å². The summed E-state index contributed by atoms with van der Waals surface area (Å²) in [6.07, 6.45) is 5.83. The minimum atomic E-state index is -0.356.